The van der Waals surface area contributed by atoms with E-state index in [1.54, 1.807) is 12.1 Å². The van der Waals surface area contributed by atoms with Crippen molar-refractivity contribution in [2.24, 2.45) is 0 Å². The van der Waals surface area contributed by atoms with Gasteiger partial charge >= 0.3 is 5.97 Å². The summed E-state index contributed by atoms with van der Waals surface area (Å²) >= 11 is 5.70. The fraction of sp³-hybridized carbons (Fsp3) is 0.188. The average molecular weight is 364 g/mol. The number of carbonyl (C=O) groups excluding carboxylic acids is 2. The molecule has 0 aliphatic carbocycles. The summed E-state index contributed by atoms with van der Waals surface area (Å²) in [6.07, 6.45) is -0.0381. The molecule has 0 bridgehead atoms. The third-order valence-electron chi connectivity index (χ3n) is 3.18. The molecule has 8 nitrogen and oxygen atoms in total. The second-order valence-corrected chi connectivity index (χ2v) is 5.48. The Balaban J connectivity index is 1.94. The van der Waals surface area contributed by atoms with E-state index in [0.717, 1.165) is 0 Å². The van der Waals surface area contributed by atoms with Crippen LogP contribution >= 0.6 is 11.6 Å². The van der Waals surface area contributed by atoms with Crippen molar-refractivity contribution >= 4 is 35.0 Å². The molecule has 0 spiro atoms. The SMILES string of the molecule is C[C@@H](OC(=O)Cc1ccccc1[N+](=O)[O-])C(=O)Nc1ccc(Cl)cn1. The van der Waals surface area contributed by atoms with Crippen LogP contribution in [0, 0.1) is 10.1 Å². The van der Waals surface area contributed by atoms with Crippen LogP contribution in [0.15, 0.2) is 42.6 Å². The largest absolute Gasteiger partial charge is 0.452 e. The van der Waals surface area contributed by atoms with E-state index in [2.05, 4.69) is 10.3 Å². The summed E-state index contributed by atoms with van der Waals surface area (Å²) in [6.45, 7) is 1.39. The summed E-state index contributed by atoms with van der Waals surface area (Å²) in [5, 5.41) is 13.8. The molecule has 1 amide bonds. The van der Waals surface area contributed by atoms with E-state index in [-0.39, 0.29) is 23.5 Å². The van der Waals surface area contributed by atoms with Crippen LogP contribution in [0.25, 0.3) is 0 Å². The lowest BCUT2D eigenvalue weighted by Crippen LogP contribution is -2.30. The van der Waals surface area contributed by atoms with E-state index in [1.807, 2.05) is 0 Å². The molecule has 25 heavy (non-hydrogen) atoms. The number of benzene rings is 1. The van der Waals surface area contributed by atoms with Crippen molar-refractivity contribution in [2.45, 2.75) is 19.4 Å². The Kier molecular flexibility index (Phi) is 6.02. The van der Waals surface area contributed by atoms with Crippen molar-refractivity contribution in [1.29, 1.82) is 0 Å². The zero-order chi connectivity index (χ0) is 18.4. The number of para-hydroxylation sites is 1. The zero-order valence-electron chi connectivity index (χ0n) is 13.1. The van der Waals surface area contributed by atoms with Gasteiger partial charge in [0.1, 0.15) is 5.82 Å². The number of amides is 1. The number of rotatable bonds is 6. The number of nitrogens with one attached hydrogen (secondary N) is 1. The smallest absolute Gasteiger partial charge is 0.311 e. The number of hydrogen-bond donors (Lipinski definition) is 1. The summed E-state index contributed by atoms with van der Waals surface area (Å²) in [5.74, 6) is -1.07. The van der Waals surface area contributed by atoms with E-state index in [1.165, 1.54) is 37.4 Å². The highest BCUT2D eigenvalue weighted by Crippen LogP contribution is 2.18. The molecular weight excluding hydrogens is 350 g/mol. The van der Waals surface area contributed by atoms with Crippen LogP contribution < -0.4 is 5.32 Å². The number of nitrogens with zero attached hydrogens (tertiary/aromatic N) is 2. The van der Waals surface area contributed by atoms with E-state index < -0.39 is 22.9 Å². The van der Waals surface area contributed by atoms with Crippen molar-refractivity contribution in [2.75, 3.05) is 5.32 Å². The third kappa shape index (κ3) is 5.25. The third-order valence-corrected chi connectivity index (χ3v) is 3.40. The highest BCUT2D eigenvalue weighted by Gasteiger charge is 2.21. The van der Waals surface area contributed by atoms with Gasteiger partial charge in [-0.1, -0.05) is 29.8 Å². The first kappa shape index (κ1) is 18.3. The molecule has 0 aliphatic heterocycles. The molecule has 0 aliphatic rings. The molecule has 0 fully saturated rings. The van der Waals surface area contributed by atoms with E-state index in [4.69, 9.17) is 16.3 Å². The van der Waals surface area contributed by atoms with Gasteiger partial charge in [0.05, 0.1) is 16.4 Å². The number of carbonyl (C=O) groups is 2. The van der Waals surface area contributed by atoms with Crippen molar-refractivity contribution in [3.63, 3.8) is 0 Å². The molecule has 1 N–H and O–H groups in total. The summed E-state index contributed by atoms with van der Waals surface area (Å²) in [4.78, 5) is 38.2. The van der Waals surface area contributed by atoms with Gasteiger partial charge in [0.25, 0.3) is 11.6 Å². The molecule has 0 unspecified atom stereocenters. The van der Waals surface area contributed by atoms with Crippen molar-refractivity contribution in [3.05, 3.63) is 63.3 Å². The predicted octanol–water partition coefficient (Wildman–Crippen LogP) is 2.76. The second kappa shape index (κ2) is 8.20. The van der Waals surface area contributed by atoms with Gasteiger partial charge in [-0.3, -0.25) is 19.7 Å². The molecule has 130 valence electrons. The Bertz CT molecular complexity index is 795. The first-order valence-electron chi connectivity index (χ1n) is 7.21. The number of nitro groups is 1. The molecule has 1 atom stereocenters. The molecular formula is C16H14ClN3O5. The minimum Gasteiger partial charge on any atom is -0.452 e. The summed E-state index contributed by atoms with van der Waals surface area (Å²) < 4.78 is 5.02. The summed E-state index contributed by atoms with van der Waals surface area (Å²) in [5.41, 5.74) is 0.0337. The fourth-order valence-corrected chi connectivity index (χ4v) is 2.08. The molecule has 9 heteroatoms. The van der Waals surface area contributed by atoms with Gasteiger partial charge in [-0.05, 0) is 19.1 Å². The normalized spacial score (nSPS) is 11.4. The Hall–Kier alpha value is -3.00. The first-order chi connectivity index (χ1) is 11.9. The average Bonchev–Trinajstić information content (AvgIpc) is 2.57. The highest BCUT2D eigenvalue weighted by atomic mass is 35.5. The van der Waals surface area contributed by atoms with Gasteiger partial charge in [0, 0.05) is 17.8 Å². The lowest BCUT2D eigenvalue weighted by molar-refractivity contribution is -0.385. The molecule has 2 rings (SSSR count). The minimum absolute atomic E-state index is 0.179. The quantitative estimate of drug-likeness (QED) is 0.480. The van der Waals surface area contributed by atoms with Crippen LogP contribution in [-0.4, -0.2) is 27.9 Å². The standard InChI is InChI=1S/C16H14ClN3O5/c1-10(16(22)19-14-7-6-12(17)9-18-14)25-15(21)8-11-4-2-3-5-13(11)20(23)24/h2-7,9-10H,8H2,1H3,(H,18,19,22)/t10-/m1/s1. The molecule has 0 radical (unpaired) electrons. The van der Waals surface area contributed by atoms with Crippen LogP contribution in [0.2, 0.25) is 5.02 Å². The van der Waals surface area contributed by atoms with Crippen LogP contribution in [0.3, 0.4) is 0 Å². The van der Waals surface area contributed by atoms with E-state index >= 15 is 0 Å². The number of nitro benzene ring substituents is 1. The van der Waals surface area contributed by atoms with Crippen LogP contribution in [-0.2, 0) is 20.7 Å². The van der Waals surface area contributed by atoms with E-state index in [0.29, 0.717) is 5.02 Å². The van der Waals surface area contributed by atoms with Gasteiger partial charge in [0.15, 0.2) is 6.10 Å². The lowest BCUT2D eigenvalue weighted by atomic mass is 10.1. The maximum Gasteiger partial charge on any atom is 0.311 e. The number of pyridine rings is 1. The number of esters is 1. The van der Waals surface area contributed by atoms with Gasteiger partial charge < -0.3 is 10.1 Å². The molecule has 1 aromatic heterocycles. The van der Waals surface area contributed by atoms with Crippen LogP contribution in [0.1, 0.15) is 12.5 Å². The highest BCUT2D eigenvalue weighted by molar-refractivity contribution is 6.30. The van der Waals surface area contributed by atoms with Crippen molar-refractivity contribution in [1.82, 2.24) is 4.98 Å². The number of aromatic nitrogens is 1. The molecule has 2 aromatic rings. The minimum atomic E-state index is -1.09. The van der Waals surface area contributed by atoms with Gasteiger partial charge in [0.2, 0.25) is 0 Å². The van der Waals surface area contributed by atoms with Gasteiger partial charge in [-0.25, -0.2) is 4.98 Å². The molecule has 0 saturated heterocycles. The monoisotopic (exact) mass is 363 g/mol. The van der Waals surface area contributed by atoms with Crippen molar-refractivity contribution < 1.29 is 19.2 Å². The maximum atomic E-state index is 12.0. The maximum absolute atomic E-state index is 12.0. The van der Waals surface area contributed by atoms with Crippen molar-refractivity contribution in [3.8, 4) is 0 Å². The fourth-order valence-electron chi connectivity index (χ4n) is 1.96. The number of hydrogen-bond acceptors (Lipinski definition) is 6. The molecule has 0 saturated carbocycles. The van der Waals surface area contributed by atoms with E-state index in [9.17, 15) is 19.7 Å². The Labute approximate surface area is 147 Å². The second-order valence-electron chi connectivity index (χ2n) is 5.05. The Morgan fingerprint density at radius 2 is 2.04 bits per heavy atom. The molecule has 1 heterocycles. The topological polar surface area (TPSA) is 111 Å². The lowest BCUT2D eigenvalue weighted by Gasteiger charge is -2.13. The molecule has 1 aromatic carbocycles. The summed E-state index contributed by atoms with van der Waals surface area (Å²) in [6, 6.07) is 8.89. The predicted molar refractivity (Wildman–Crippen MR) is 90.2 cm³/mol. The van der Waals surface area contributed by atoms with Crippen LogP contribution in [0.4, 0.5) is 11.5 Å². The summed E-state index contributed by atoms with van der Waals surface area (Å²) in [7, 11) is 0. The van der Waals surface area contributed by atoms with Crippen LogP contribution in [0.5, 0.6) is 0 Å². The first-order valence-corrected chi connectivity index (χ1v) is 7.59. The Morgan fingerprint density at radius 3 is 2.68 bits per heavy atom. The zero-order valence-corrected chi connectivity index (χ0v) is 13.9. The Morgan fingerprint density at radius 1 is 1.32 bits per heavy atom. The van der Waals surface area contributed by atoms with Gasteiger partial charge in [-0.2, -0.15) is 0 Å². The number of halogens is 1. The number of anilines is 1. The number of ether oxygens (including phenoxy) is 1. The van der Waals surface area contributed by atoms with Gasteiger partial charge in [-0.15, -0.1) is 0 Å².